The number of aromatic nitrogens is 1. The molecule has 1 aromatic heterocycles. The first kappa shape index (κ1) is 15.0. The Morgan fingerprint density at radius 3 is 2.65 bits per heavy atom. The van der Waals surface area contributed by atoms with Gasteiger partial charge >= 0.3 is 5.97 Å². The summed E-state index contributed by atoms with van der Waals surface area (Å²) in [6.07, 6.45) is 0. The molecule has 0 radical (unpaired) electrons. The second-order valence-electron chi connectivity index (χ2n) is 5.22. The standard InChI is InChI=1S/C18H17NO4/c1-2-19-14(11-23-17-6-4-3-5-16(17)20)10-13-9-12(18(21)22)7-8-15(13)19/h3-10,20H,2,11H2,1H3,(H,21,22). The normalized spacial score (nSPS) is 10.8. The molecule has 0 saturated carbocycles. The van der Waals surface area contributed by atoms with E-state index >= 15 is 0 Å². The monoisotopic (exact) mass is 311 g/mol. The number of benzene rings is 2. The molecule has 0 fully saturated rings. The molecule has 0 spiro atoms. The average molecular weight is 311 g/mol. The number of aryl methyl sites for hydroxylation is 1. The highest BCUT2D eigenvalue weighted by atomic mass is 16.5. The van der Waals surface area contributed by atoms with Crippen LogP contribution in [0.4, 0.5) is 0 Å². The Kier molecular flexibility index (Phi) is 3.93. The topological polar surface area (TPSA) is 71.7 Å². The fraction of sp³-hybridized carbons (Fsp3) is 0.167. The maximum absolute atomic E-state index is 11.1. The van der Waals surface area contributed by atoms with Crippen molar-refractivity contribution in [2.45, 2.75) is 20.1 Å². The average Bonchev–Trinajstić information content (AvgIpc) is 2.90. The van der Waals surface area contributed by atoms with E-state index in [1.54, 1.807) is 36.4 Å². The summed E-state index contributed by atoms with van der Waals surface area (Å²) in [4.78, 5) is 11.1. The van der Waals surface area contributed by atoms with E-state index in [1.165, 1.54) is 0 Å². The largest absolute Gasteiger partial charge is 0.504 e. The summed E-state index contributed by atoms with van der Waals surface area (Å²) in [7, 11) is 0. The number of hydrogen-bond donors (Lipinski definition) is 2. The van der Waals surface area contributed by atoms with Crippen molar-refractivity contribution in [1.82, 2.24) is 4.57 Å². The lowest BCUT2D eigenvalue weighted by Gasteiger charge is -2.10. The van der Waals surface area contributed by atoms with E-state index in [2.05, 4.69) is 4.57 Å². The van der Waals surface area contributed by atoms with Crippen LogP contribution in [-0.4, -0.2) is 20.7 Å². The Labute approximate surface area is 133 Å². The van der Waals surface area contributed by atoms with Gasteiger partial charge in [-0.2, -0.15) is 0 Å². The Morgan fingerprint density at radius 1 is 1.17 bits per heavy atom. The minimum absolute atomic E-state index is 0.0971. The van der Waals surface area contributed by atoms with Crippen molar-refractivity contribution in [1.29, 1.82) is 0 Å². The smallest absolute Gasteiger partial charge is 0.335 e. The maximum atomic E-state index is 11.1. The van der Waals surface area contributed by atoms with E-state index in [0.29, 0.717) is 12.4 Å². The van der Waals surface area contributed by atoms with E-state index in [9.17, 15) is 9.90 Å². The van der Waals surface area contributed by atoms with Crippen LogP contribution in [-0.2, 0) is 13.2 Å². The van der Waals surface area contributed by atoms with Gasteiger partial charge in [0.2, 0.25) is 0 Å². The molecule has 0 bridgehead atoms. The van der Waals surface area contributed by atoms with Crippen LogP contribution < -0.4 is 4.74 Å². The van der Waals surface area contributed by atoms with E-state index in [4.69, 9.17) is 9.84 Å². The first-order chi connectivity index (χ1) is 11.1. The fourth-order valence-electron chi connectivity index (χ4n) is 2.69. The SMILES string of the molecule is CCn1c(COc2ccccc2O)cc2cc(C(=O)O)ccc21. The molecule has 1 heterocycles. The second kappa shape index (κ2) is 6.04. The van der Waals surface area contributed by atoms with E-state index in [0.717, 1.165) is 23.1 Å². The van der Waals surface area contributed by atoms with Crippen LogP contribution in [0.3, 0.4) is 0 Å². The number of rotatable bonds is 5. The lowest BCUT2D eigenvalue weighted by atomic mass is 10.1. The minimum atomic E-state index is -0.942. The molecule has 0 amide bonds. The van der Waals surface area contributed by atoms with Gasteiger partial charge in [-0.15, -0.1) is 0 Å². The first-order valence-corrected chi connectivity index (χ1v) is 7.36. The molecule has 3 rings (SSSR count). The number of aromatic carboxylic acids is 1. The van der Waals surface area contributed by atoms with Crippen molar-refractivity contribution >= 4 is 16.9 Å². The van der Waals surface area contributed by atoms with Crippen molar-refractivity contribution in [3.63, 3.8) is 0 Å². The van der Waals surface area contributed by atoms with Gasteiger partial charge < -0.3 is 19.5 Å². The maximum Gasteiger partial charge on any atom is 0.335 e. The van der Waals surface area contributed by atoms with Gasteiger partial charge in [0.05, 0.1) is 11.3 Å². The number of fused-ring (bicyclic) bond motifs is 1. The third kappa shape index (κ3) is 2.85. The fourth-order valence-corrected chi connectivity index (χ4v) is 2.69. The number of carbonyl (C=O) groups is 1. The van der Waals surface area contributed by atoms with Gasteiger partial charge in [-0.3, -0.25) is 0 Å². The third-order valence-corrected chi connectivity index (χ3v) is 3.79. The van der Waals surface area contributed by atoms with Gasteiger partial charge in [-0.25, -0.2) is 4.79 Å². The molecule has 23 heavy (non-hydrogen) atoms. The van der Waals surface area contributed by atoms with Crippen molar-refractivity contribution in [3.8, 4) is 11.5 Å². The summed E-state index contributed by atoms with van der Waals surface area (Å²) in [6.45, 7) is 3.06. The summed E-state index contributed by atoms with van der Waals surface area (Å²) >= 11 is 0. The summed E-state index contributed by atoms with van der Waals surface area (Å²) < 4.78 is 7.76. The van der Waals surface area contributed by atoms with Crippen LogP contribution in [0.25, 0.3) is 10.9 Å². The third-order valence-electron chi connectivity index (χ3n) is 3.79. The summed E-state index contributed by atoms with van der Waals surface area (Å²) in [5.74, 6) is -0.422. The molecule has 0 unspecified atom stereocenters. The van der Waals surface area contributed by atoms with Crippen molar-refractivity contribution in [2.24, 2.45) is 0 Å². The number of hydrogen-bond acceptors (Lipinski definition) is 3. The number of phenolic OH excluding ortho intramolecular Hbond substituents is 1. The van der Waals surface area contributed by atoms with Gasteiger partial charge in [-0.1, -0.05) is 12.1 Å². The van der Waals surface area contributed by atoms with Crippen LogP contribution >= 0.6 is 0 Å². The van der Waals surface area contributed by atoms with Crippen LogP contribution in [0.1, 0.15) is 23.0 Å². The molecule has 3 aromatic rings. The Bertz CT molecular complexity index is 867. The predicted octanol–water partition coefficient (Wildman–Crippen LogP) is 3.64. The summed E-state index contributed by atoms with van der Waals surface area (Å²) in [5.41, 5.74) is 2.15. The molecule has 2 N–H and O–H groups in total. The molecule has 0 aliphatic heterocycles. The zero-order valence-corrected chi connectivity index (χ0v) is 12.7. The molecule has 5 nitrogen and oxygen atoms in total. The van der Waals surface area contributed by atoms with Gasteiger partial charge in [-0.05, 0) is 43.3 Å². The Balaban J connectivity index is 1.94. The Morgan fingerprint density at radius 2 is 1.96 bits per heavy atom. The molecular weight excluding hydrogens is 294 g/mol. The molecule has 118 valence electrons. The van der Waals surface area contributed by atoms with Crippen LogP contribution in [0.5, 0.6) is 11.5 Å². The molecule has 5 heteroatoms. The number of para-hydroxylation sites is 2. The Hall–Kier alpha value is -2.95. The van der Waals surface area contributed by atoms with Crippen LogP contribution in [0.15, 0.2) is 48.5 Å². The van der Waals surface area contributed by atoms with E-state index in [1.807, 2.05) is 19.1 Å². The molecule has 0 atom stereocenters. The van der Waals surface area contributed by atoms with Gasteiger partial charge in [0, 0.05) is 17.4 Å². The number of nitrogens with zero attached hydrogens (tertiary/aromatic N) is 1. The van der Waals surface area contributed by atoms with E-state index < -0.39 is 5.97 Å². The van der Waals surface area contributed by atoms with Crippen molar-refractivity contribution in [2.75, 3.05) is 0 Å². The number of aromatic hydroxyl groups is 1. The first-order valence-electron chi connectivity index (χ1n) is 7.36. The van der Waals surface area contributed by atoms with Gasteiger partial charge in [0.15, 0.2) is 11.5 Å². The van der Waals surface area contributed by atoms with Gasteiger partial charge in [0.1, 0.15) is 6.61 Å². The quantitative estimate of drug-likeness (QED) is 0.754. The highest BCUT2D eigenvalue weighted by Gasteiger charge is 2.11. The lowest BCUT2D eigenvalue weighted by Crippen LogP contribution is -2.04. The summed E-state index contributed by atoms with van der Waals surface area (Å²) in [5, 5.41) is 19.7. The summed E-state index contributed by atoms with van der Waals surface area (Å²) in [6, 6.07) is 13.8. The lowest BCUT2D eigenvalue weighted by molar-refractivity contribution is 0.0697. The van der Waals surface area contributed by atoms with Gasteiger partial charge in [0.25, 0.3) is 0 Å². The second-order valence-corrected chi connectivity index (χ2v) is 5.22. The van der Waals surface area contributed by atoms with Crippen LogP contribution in [0, 0.1) is 0 Å². The zero-order chi connectivity index (χ0) is 16.4. The van der Waals surface area contributed by atoms with Crippen molar-refractivity contribution in [3.05, 3.63) is 59.8 Å². The number of carboxylic acids is 1. The molecule has 0 saturated heterocycles. The molecule has 0 aliphatic rings. The minimum Gasteiger partial charge on any atom is -0.504 e. The van der Waals surface area contributed by atoms with Crippen LogP contribution in [0.2, 0.25) is 0 Å². The predicted molar refractivity (Wildman–Crippen MR) is 87.0 cm³/mol. The number of phenols is 1. The molecular formula is C18H17NO4. The van der Waals surface area contributed by atoms with E-state index in [-0.39, 0.29) is 11.3 Å². The number of carboxylic acid groups (broad SMARTS) is 1. The highest BCUT2D eigenvalue weighted by Crippen LogP contribution is 2.27. The highest BCUT2D eigenvalue weighted by molar-refractivity contribution is 5.94. The number of ether oxygens (including phenoxy) is 1. The molecule has 0 aliphatic carbocycles. The molecule has 2 aromatic carbocycles. The van der Waals surface area contributed by atoms with Crippen molar-refractivity contribution < 1.29 is 19.7 Å². The zero-order valence-electron chi connectivity index (χ0n) is 12.7.